The number of nitrogens with zero attached hydrogens (tertiary/aromatic N) is 6. The zero-order valence-corrected chi connectivity index (χ0v) is 27.0. The van der Waals surface area contributed by atoms with E-state index in [4.69, 9.17) is 9.98 Å². The van der Waals surface area contributed by atoms with Crippen molar-refractivity contribution in [1.29, 1.82) is 0 Å². The summed E-state index contributed by atoms with van der Waals surface area (Å²) >= 11 is 0. The van der Waals surface area contributed by atoms with Gasteiger partial charge in [0.25, 0.3) is 0 Å². The van der Waals surface area contributed by atoms with Crippen LogP contribution in [0.3, 0.4) is 0 Å². The maximum absolute atomic E-state index is 5.23. The van der Waals surface area contributed by atoms with Crippen molar-refractivity contribution >= 4 is 17.6 Å². The van der Waals surface area contributed by atoms with E-state index < -0.39 is 0 Å². The van der Waals surface area contributed by atoms with Crippen LogP contribution in [0.5, 0.6) is 0 Å². The molecule has 1 saturated carbocycles. The Morgan fingerprint density at radius 1 is 0.814 bits per heavy atom. The predicted octanol–water partition coefficient (Wildman–Crippen LogP) is 5.03. The number of aliphatic imine (C=N–C) groups is 1. The van der Waals surface area contributed by atoms with Crippen molar-refractivity contribution in [3.05, 3.63) is 24.4 Å². The number of rotatable bonds is 14. The van der Waals surface area contributed by atoms with Crippen LogP contribution in [0.15, 0.2) is 29.4 Å². The van der Waals surface area contributed by atoms with Gasteiger partial charge in [-0.2, -0.15) is 4.98 Å². The Morgan fingerprint density at radius 3 is 2.19 bits per heavy atom. The predicted molar refractivity (Wildman–Crippen MR) is 180 cm³/mol. The quantitative estimate of drug-likeness (QED) is 0.277. The van der Waals surface area contributed by atoms with Crippen molar-refractivity contribution in [2.75, 3.05) is 75.7 Å². The van der Waals surface area contributed by atoms with Crippen LogP contribution < -0.4 is 20.9 Å². The summed E-state index contributed by atoms with van der Waals surface area (Å²) in [4.78, 5) is 22.2. The van der Waals surface area contributed by atoms with Gasteiger partial charge in [-0.05, 0) is 63.2 Å². The zero-order chi connectivity index (χ0) is 29.6. The Bertz CT molecular complexity index is 991. The standard InChI is InChI=1S/C34H59N9/c1-2-34(18-16-32(40-34)43-25-12-5-6-13-26-43)38-22-29-41(27-20-35-30-14-8-7-9-15-30)28-21-37-33-36-19-17-31(39-33)42-23-10-3-4-11-24-42/h16-19,30,35,38H,2-15,20-29H2,1H3,(H,36,37,39). The second kappa shape index (κ2) is 17.3. The van der Waals surface area contributed by atoms with Gasteiger partial charge in [0, 0.05) is 77.7 Å². The van der Waals surface area contributed by atoms with Crippen LogP contribution in [-0.4, -0.2) is 103 Å². The minimum Gasteiger partial charge on any atom is -0.357 e. The number of hydrogen-bond donors (Lipinski definition) is 3. The number of nitrogens with one attached hydrogen (secondary N) is 3. The van der Waals surface area contributed by atoms with E-state index >= 15 is 0 Å². The fourth-order valence-electron chi connectivity index (χ4n) is 7.12. The van der Waals surface area contributed by atoms with Gasteiger partial charge >= 0.3 is 0 Å². The van der Waals surface area contributed by atoms with Crippen molar-refractivity contribution in [3.8, 4) is 0 Å². The van der Waals surface area contributed by atoms with Crippen molar-refractivity contribution in [2.45, 2.75) is 109 Å². The smallest absolute Gasteiger partial charge is 0.224 e. The van der Waals surface area contributed by atoms with E-state index in [1.165, 1.54) is 89.3 Å². The van der Waals surface area contributed by atoms with Gasteiger partial charge in [0.2, 0.25) is 5.95 Å². The highest BCUT2D eigenvalue weighted by Crippen LogP contribution is 2.23. The topological polar surface area (TPSA) is 83.9 Å². The summed E-state index contributed by atoms with van der Waals surface area (Å²) in [5, 5.41) is 11.2. The van der Waals surface area contributed by atoms with Crippen molar-refractivity contribution < 1.29 is 0 Å². The summed E-state index contributed by atoms with van der Waals surface area (Å²) < 4.78 is 0. The minimum atomic E-state index is -0.270. The lowest BCUT2D eigenvalue weighted by molar-refractivity contribution is 0.258. The highest BCUT2D eigenvalue weighted by Gasteiger charge is 2.30. The Labute approximate surface area is 261 Å². The highest BCUT2D eigenvalue weighted by atomic mass is 15.3. The molecule has 0 amide bonds. The molecular weight excluding hydrogens is 534 g/mol. The average molecular weight is 594 g/mol. The Balaban J connectivity index is 1.12. The lowest BCUT2D eigenvalue weighted by atomic mass is 9.95. The molecular formula is C34H59N9. The fourth-order valence-corrected chi connectivity index (χ4v) is 7.12. The van der Waals surface area contributed by atoms with Gasteiger partial charge in [-0.1, -0.05) is 51.9 Å². The van der Waals surface area contributed by atoms with E-state index in [1.54, 1.807) is 0 Å². The first-order valence-corrected chi connectivity index (χ1v) is 17.8. The summed E-state index contributed by atoms with van der Waals surface area (Å²) in [7, 11) is 0. The maximum atomic E-state index is 5.23. The van der Waals surface area contributed by atoms with Gasteiger partial charge in [-0.3, -0.25) is 10.2 Å². The van der Waals surface area contributed by atoms with E-state index in [0.717, 1.165) is 83.6 Å². The van der Waals surface area contributed by atoms with E-state index in [1.807, 2.05) is 6.20 Å². The van der Waals surface area contributed by atoms with Crippen molar-refractivity contribution in [2.24, 2.45) is 4.99 Å². The second-order valence-electron chi connectivity index (χ2n) is 13.1. The molecule has 3 N–H and O–H groups in total. The minimum absolute atomic E-state index is 0.270. The summed E-state index contributed by atoms with van der Waals surface area (Å²) in [6.45, 7) is 12.5. The van der Waals surface area contributed by atoms with Gasteiger partial charge in [0.05, 0.1) is 0 Å². The molecule has 240 valence electrons. The molecule has 43 heavy (non-hydrogen) atoms. The average Bonchev–Trinajstić information content (AvgIpc) is 3.22. The van der Waals surface area contributed by atoms with E-state index in [9.17, 15) is 0 Å². The molecule has 1 aromatic heterocycles. The van der Waals surface area contributed by atoms with Crippen LogP contribution in [0.4, 0.5) is 11.8 Å². The van der Waals surface area contributed by atoms with Gasteiger partial charge in [-0.15, -0.1) is 0 Å². The number of likely N-dealkylation sites (tertiary alicyclic amines) is 1. The van der Waals surface area contributed by atoms with E-state index in [-0.39, 0.29) is 5.66 Å². The summed E-state index contributed by atoms with van der Waals surface area (Å²) in [5.41, 5.74) is -0.270. The summed E-state index contributed by atoms with van der Waals surface area (Å²) in [6, 6.07) is 2.76. The van der Waals surface area contributed by atoms with Crippen LogP contribution in [-0.2, 0) is 0 Å². The lowest BCUT2D eigenvalue weighted by Gasteiger charge is -2.29. The molecule has 1 unspecified atom stereocenters. The van der Waals surface area contributed by atoms with Gasteiger partial charge in [0.1, 0.15) is 17.3 Å². The molecule has 5 rings (SSSR count). The second-order valence-corrected chi connectivity index (χ2v) is 13.1. The molecule has 0 radical (unpaired) electrons. The molecule has 3 fully saturated rings. The third-order valence-electron chi connectivity index (χ3n) is 9.90. The van der Waals surface area contributed by atoms with E-state index in [0.29, 0.717) is 6.04 Å². The van der Waals surface area contributed by atoms with Crippen LogP contribution in [0, 0.1) is 0 Å². The molecule has 1 atom stereocenters. The molecule has 4 aliphatic rings. The van der Waals surface area contributed by atoms with Crippen LogP contribution in [0.25, 0.3) is 0 Å². The monoisotopic (exact) mass is 593 g/mol. The number of aromatic nitrogens is 2. The number of amidine groups is 1. The number of anilines is 2. The Hall–Kier alpha value is -2.23. The van der Waals surface area contributed by atoms with Gasteiger partial charge in [0.15, 0.2) is 0 Å². The van der Waals surface area contributed by atoms with Crippen LogP contribution in [0.2, 0.25) is 0 Å². The lowest BCUT2D eigenvalue weighted by Crippen LogP contribution is -2.47. The van der Waals surface area contributed by atoms with Crippen LogP contribution in [0.1, 0.15) is 96.8 Å². The molecule has 2 saturated heterocycles. The SMILES string of the molecule is CCC1(NCCN(CCNc2nccc(N3CCCCCC3)n2)CCNC2CCCCC2)C=CC(N2CCCCCC2)=N1. The summed E-state index contributed by atoms with van der Waals surface area (Å²) in [6.07, 6.45) is 24.7. The molecule has 0 bridgehead atoms. The normalized spacial score (nSPS) is 23.8. The first kappa shape index (κ1) is 32.2. The first-order valence-electron chi connectivity index (χ1n) is 17.8. The van der Waals surface area contributed by atoms with Crippen molar-refractivity contribution in [1.82, 2.24) is 30.4 Å². The zero-order valence-electron chi connectivity index (χ0n) is 27.0. The molecule has 4 heterocycles. The first-order chi connectivity index (χ1) is 21.2. The van der Waals surface area contributed by atoms with E-state index in [2.05, 4.69) is 60.8 Å². The molecule has 3 aliphatic heterocycles. The van der Waals surface area contributed by atoms with Gasteiger partial charge in [-0.25, -0.2) is 9.98 Å². The molecule has 9 heteroatoms. The Morgan fingerprint density at radius 2 is 1.47 bits per heavy atom. The van der Waals surface area contributed by atoms with Crippen molar-refractivity contribution in [3.63, 3.8) is 0 Å². The third kappa shape index (κ3) is 10.1. The number of hydrogen-bond acceptors (Lipinski definition) is 9. The largest absolute Gasteiger partial charge is 0.357 e. The molecule has 0 spiro atoms. The third-order valence-corrected chi connectivity index (χ3v) is 9.90. The van der Waals surface area contributed by atoms with Crippen LogP contribution >= 0.6 is 0 Å². The molecule has 1 aliphatic carbocycles. The maximum Gasteiger partial charge on any atom is 0.224 e. The fraction of sp³-hybridized carbons (Fsp3) is 0.794. The molecule has 1 aromatic rings. The Kier molecular flexibility index (Phi) is 12.9. The molecule has 9 nitrogen and oxygen atoms in total. The highest BCUT2D eigenvalue weighted by molar-refractivity contribution is 5.95. The molecule has 0 aromatic carbocycles. The van der Waals surface area contributed by atoms with Gasteiger partial charge < -0.3 is 20.4 Å². The summed E-state index contributed by atoms with van der Waals surface area (Å²) in [5.74, 6) is 2.99.